The van der Waals surface area contributed by atoms with Gasteiger partial charge in [0.1, 0.15) is 17.0 Å². The Kier molecular flexibility index (Phi) is 7.56. The predicted molar refractivity (Wildman–Crippen MR) is 134 cm³/mol. The summed E-state index contributed by atoms with van der Waals surface area (Å²) in [7, 11) is 1.31. The number of aromatic nitrogens is 2. The molecule has 2 aromatic heterocycles. The van der Waals surface area contributed by atoms with Gasteiger partial charge in [-0.3, -0.25) is 9.59 Å². The molecule has 0 saturated carbocycles. The summed E-state index contributed by atoms with van der Waals surface area (Å²) in [5.74, 6) is -1.22. The first-order chi connectivity index (χ1) is 18.0. The van der Waals surface area contributed by atoms with Crippen molar-refractivity contribution in [3.8, 4) is 17.2 Å². The van der Waals surface area contributed by atoms with Gasteiger partial charge >= 0.3 is 6.18 Å². The number of benzene rings is 2. The van der Waals surface area contributed by atoms with Gasteiger partial charge in [-0.25, -0.2) is 9.97 Å². The van der Waals surface area contributed by atoms with E-state index in [2.05, 4.69) is 20.6 Å². The molecule has 0 fully saturated rings. The number of amides is 2. The number of ether oxygens (including phenoxy) is 1. The lowest BCUT2D eigenvalue weighted by Crippen LogP contribution is -2.33. The molecule has 1 atom stereocenters. The third kappa shape index (κ3) is 5.55. The summed E-state index contributed by atoms with van der Waals surface area (Å²) in [6, 6.07) is 10.8. The van der Waals surface area contributed by atoms with Crippen LogP contribution >= 0.6 is 11.6 Å². The maximum absolute atomic E-state index is 13.3. The number of halogens is 4. The number of pyridine rings is 1. The smallest absolute Gasteiger partial charge is 0.433 e. The maximum atomic E-state index is 13.3. The van der Waals surface area contributed by atoms with Crippen LogP contribution in [0.1, 0.15) is 34.9 Å². The Labute approximate surface area is 219 Å². The van der Waals surface area contributed by atoms with Crippen molar-refractivity contribution in [2.45, 2.75) is 19.1 Å². The van der Waals surface area contributed by atoms with Crippen molar-refractivity contribution < 1.29 is 31.9 Å². The zero-order chi connectivity index (χ0) is 27.6. The number of fused-ring (bicyclic) bond motifs is 1. The van der Waals surface area contributed by atoms with Crippen LogP contribution in [0.3, 0.4) is 0 Å². The van der Waals surface area contributed by atoms with E-state index in [0.717, 1.165) is 6.07 Å². The molecule has 0 spiro atoms. The highest BCUT2D eigenvalue weighted by Gasteiger charge is 2.33. The Hall–Kier alpha value is -4.16. The van der Waals surface area contributed by atoms with E-state index in [9.17, 15) is 22.8 Å². The van der Waals surface area contributed by atoms with Crippen molar-refractivity contribution in [3.05, 3.63) is 70.7 Å². The Balaban J connectivity index is 1.64. The van der Waals surface area contributed by atoms with Crippen LogP contribution in [0.5, 0.6) is 5.75 Å². The van der Waals surface area contributed by atoms with E-state index >= 15 is 0 Å². The van der Waals surface area contributed by atoms with Gasteiger partial charge in [0.25, 0.3) is 5.91 Å². The highest BCUT2D eigenvalue weighted by Crippen LogP contribution is 2.37. The van der Waals surface area contributed by atoms with Gasteiger partial charge in [-0.05, 0) is 43.3 Å². The van der Waals surface area contributed by atoms with Crippen molar-refractivity contribution in [1.29, 1.82) is 0 Å². The molecule has 9 nitrogen and oxygen atoms in total. The average Bonchev–Trinajstić information content (AvgIpc) is 3.33. The van der Waals surface area contributed by atoms with E-state index < -0.39 is 36.3 Å². The van der Waals surface area contributed by atoms with Crippen LogP contribution in [0, 0.1) is 0 Å². The lowest BCUT2D eigenvalue weighted by atomic mass is 10.1. The van der Waals surface area contributed by atoms with Crippen molar-refractivity contribution >= 4 is 40.0 Å². The van der Waals surface area contributed by atoms with E-state index in [1.807, 2.05) is 0 Å². The number of hydrogen-bond donors (Lipinski definition) is 3. The number of alkyl halides is 3. The normalized spacial score (nSPS) is 12.3. The first-order valence-corrected chi connectivity index (χ1v) is 11.5. The molecule has 2 aromatic carbocycles. The summed E-state index contributed by atoms with van der Waals surface area (Å²) in [5, 5.41) is 5.61. The Bertz CT molecular complexity index is 1520. The number of oxazole rings is 1. The van der Waals surface area contributed by atoms with Crippen LogP contribution in [0.2, 0.25) is 5.02 Å². The molecule has 4 aromatic rings. The molecule has 198 valence electrons. The first-order valence-electron chi connectivity index (χ1n) is 11.1. The van der Waals surface area contributed by atoms with E-state index in [1.54, 1.807) is 31.2 Å². The van der Waals surface area contributed by atoms with Gasteiger partial charge in [0.2, 0.25) is 11.8 Å². The van der Waals surface area contributed by atoms with Gasteiger partial charge < -0.3 is 25.5 Å². The van der Waals surface area contributed by atoms with E-state index in [4.69, 9.17) is 26.5 Å². The van der Waals surface area contributed by atoms with Crippen LogP contribution < -0.4 is 21.1 Å². The molecule has 2 heterocycles. The monoisotopic (exact) mass is 547 g/mol. The molecular formula is C25H21ClF3N5O4. The number of rotatable bonds is 7. The minimum absolute atomic E-state index is 0.0212. The lowest BCUT2D eigenvalue weighted by Gasteiger charge is -2.11. The van der Waals surface area contributed by atoms with Gasteiger partial charge in [0.15, 0.2) is 11.5 Å². The van der Waals surface area contributed by atoms with Gasteiger partial charge in [0.05, 0.1) is 30.4 Å². The summed E-state index contributed by atoms with van der Waals surface area (Å²) in [4.78, 5) is 33.2. The number of carbonyl (C=O) groups excluding carboxylic acids is 2. The Morgan fingerprint density at radius 1 is 1.13 bits per heavy atom. The molecule has 0 unspecified atom stereocenters. The maximum Gasteiger partial charge on any atom is 0.433 e. The molecule has 13 heteroatoms. The van der Waals surface area contributed by atoms with Gasteiger partial charge in [-0.1, -0.05) is 23.7 Å². The molecule has 0 aliphatic carbocycles. The van der Waals surface area contributed by atoms with Gasteiger partial charge in [0, 0.05) is 10.9 Å². The predicted octanol–water partition coefficient (Wildman–Crippen LogP) is 4.96. The summed E-state index contributed by atoms with van der Waals surface area (Å²) in [6.45, 7) is 1.16. The van der Waals surface area contributed by atoms with E-state index in [1.165, 1.54) is 25.3 Å². The lowest BCUT2D eigenvalue weighted by molar-refractivity contribution is -0.141. The second kappa shape index (κ2) is 10.7. The highest BCUT2D eigenvalue weighted by atomic mass is 35.5. The van der Waals surface area contributed by atoms with Gasteiger partial charge in [-0.2, -0.15) is 13.2 Å². The zero-order valence-electron chi connectivity index (χ0n) is 20.0. The first kappa shape index (κ1) is 26.9. The molecule has 2 amide bonds. The molecule has 0 radical (unpaired) electrons. The van der Waals surface area contributed by atoms with Crippen LogP contribution in [-0.4, -0.2) is 35.4 Å². The van der Waals surface area contributed by atoms with Crippen LogP contribution in [0.15, 0.2) is 52.9 Å². The zero-order valence-corrected chi connectivity index (χ0v) is 20.8. The number of nitrogens with one attached hydrogen (secondary N) is 2. The van der Waals surface area contributed by atoms with Crippen LogP contribution in [-0.2, 0) is 11.0 Å². The SMILES string of the molecule is COc1ccc(-c2nc(C(=O)NCC(=O)Nc3ccccc3Cl)c([C@H](C)N)o2)c2ccc(C(F)(F)F)nc12. The minimum Gasteiger partial charge on any atom is -0.494 e. The summed E-state index contributed by atoms with van der Waals surface area (Å²) in [6.07, 6.45) is -4.66. The molecule has 38 heavy (non-hydrogen) atoms. The minimum atomic E-state index is -4.66. The highest BCUT2D eigenvalue weighted by molar-refractivity contribution is 6.33. The Morgan fingerprint density at radius 3 is 2.53 bits per heavy atom. The number of methoxy groups -OCH3 is 1. The fourth-order valence-corrected chi connectivity index (χ4v) is 3.80. The van der Waals surface area contributed by atoms with Crippen LogP contribution in [0.4, 0.5) is 18.9 Å². The van der Waals surface area contributed by atoms with Crippen LogP contribution in [0.25, 0.3) is 22.4 Å². The summed E-state index contributed by atoms with van der Waals surface area (Å²) in [5.41, 5.74) is 5.28. The third-order valence-corrected chi connectivity index (χ3v) is 5.73. The number of carbonyl (C=O) groups is 2. The molecule has 0 saturated heterocycles. The van der Waals surface area contributed by atoms with Gasteiger partial charge in [-0.15, -0.1) is 0 Å². The second-order valence-corrected chi connectivity index (χ2v) is 8.54. The van der Waals surface area contributed by atoms with E-state index in [-0.39, 0.29) is 39.6 Å². The molecule has 0 aliphatic rings. The number of hydrogen-bond acceptors (Lipinski definition) is 7. The summed E-state index contributed by atoms with van der Waals surface area (Å²) >= 11 is 6.03. The number of nitrogens with two attached hydrogens (primary N) is 1. The molecular weight excluding hydrogens is 527 g/mol. The molecule has 0 aliphatic heterocycles. The Morgan fingerprint density at radius 2 is 1.87 bits per heavy atom. The number of para-hydroxylation sites is 1. The fraction of sp³-hybridized carbons (Fsp3) is 0.200. The van der Waals surface area contributed by atoms with E-state index in [0.29, 0.717) is 10.7 Å². The van der Waals surface area contributed by atoms with Crippen molar-refractivity contribution in [3.63, 3.8) is 0 Å². The second-order valence-electron chi connectivity index (χ2n) is 8.14. The number of anilines is 1. The van der Waals surface area contributed by atoms with Crippen molar-refractivity contribution in [2.75, 3.05) is 19.0 Å². The molecule has 0 bridgehead atoms. The summed E-state index contributed by atoms with van der Waals surface area (Å²) < 4.78 is 50.7. The number of nitrogens with zero attached hydrogens (tertiary/aromatic N) is 2. The third-order valence-electron chi connectivity index (χ3n) is 5.40. The topological polar surface area (TPSA) is 132 Å². The molecule has 4 N–H and O–H groups in total. The average molecular weight is 548 g/mol. The van der Waals surface area contributed by atoms with Crippen molar-refractivity contribution in [2.24, 2.45) is 5.73 Å². The fourth-order valence-electron chi connectivity index (χ4n) is 3.62. The quantitative estimate of drug-likeness (QED) is 0.298. The largest absolute Gasteiger partial charge is 0.494 e. The standard InChI is InChI=1S/C25H21ClF3N5O4/c1-12(30)22-21(23(36)31-11-19(35)32-16-6-4-3-5-15(16)26)34-24(38-22)14-7-9-17(37-2)20-13(14)8-10-18(33-20)25(27,28)29/h3-10,12H,11,30H2,1-2H3,(H,31,36)(H,32,35)/t12-/m0/s1. The molecule has 4 rings (SSSR count). The van der Waals surface area contributed by atoms with Crippen molar-refractivity contribution in [1.82, 2.24) is 15.3 Å².